The van der Waals surface area contributed by atoms with Crippen LogP contribution in [0.5, 0.6) is 5.75 Å². The lowest BCUT2D eigenvalue weighted by atomic mass is 10.0. The highest BCUT2D eigenvalue weighted by molar-refractivity contribution is 5.40. The highest BCUT2D eigenvalue weighted by Gasteiger charge is 2.32. The second-order valence-corrected chi connectivity index (χ2v) is 3.40. The molecule has 0 fully saturated rings. The maximum Gasteiger partial charge on any atom is 0.124 e. The quantitative estimate of drug-likeness (QED) is 0.745. The molecule has 1 aliphatic rings. The molecule has 0 amide bonds. The summed E-state index contributed by atoms with van der Waals surface area (Å²) in [6, 6.07) is 8.23. The van der Waals surface area contributed by atoms with Gasteiger partial charge in [-0.05, 0) is 12.5 Å². The van der Waals surface area contributed by atoms with E-state index in [4.69, 9.17) is 9.57 Å². The number of hydrogen-bond donors (Lipinski definition) is 1. The predicted molar refractivity (Wildman–Crippen MR) is 54.0 cm³/mol. The van der Waals surface area contributed by atoms with Crippen molar-refractivity contribution in [3.05, 3.63) is 29.8 Å². The van der Waals surface area contributed by atoms with E-state index in [1.54, 1.807) is 7.11 Å². The van der Waals surface area contributed by atoms with Gasteiger partial charge < -0.3 is 9.57 Å². The minimum Gasteiger partial charge on any atom is -0.488 e. The molecular formula is C11H15NO2. The van der Waals surface area contributed by atoms with Crippen LogP contribution in [0, 0.1) is 0 Å². The first-order chi connectivity index (χ1) is 6.86. The fourth-order valence-corrected chi connectivity index (χ4v) is 1.86. The molecule has 3 nitrogen and oxygen atoms in total. The fraction of sp³-hybridized carbons (Fsp3) is 0.455. The number of para-hydroxylation sites is 1. The molecule has 1 aliphatic heterocycles. The van der Waals surface area contributed by atoms with E-state index in [1.807, 2.05) is 18.2 Å². The molecule has 0 aliphatic carbocycles. The molecular weight excluding hydrogens is 178 g/mol. The minimum absolute atomic E-state index is 0.154. The van der Waals surface area contributed by atoms with E-state index >= 15 is 0 Å². The van der Waals surface area contributed by atoms with Crippen molar-refractivity contribution >= 4 is 0 Å². The van der Waals surface area contributed by atoms with Crippen LogP contribution in [0.15, 0.2) is 24.3 Å². The van der Waals surface area contributed by atoms with Crippen LogP contribution in [0.4, 0.5) is 0 Å². The lowest BCUT2D eigenvalue weighted by Crippen LogP contribution is -2.29. The number of hydroxylamine groups is 1. The van der Waals surface area contributed by atoms with E-state index in [2.05, 4.69) is 18.5 Å². The molecule has 3 heteroatoms. The van der Waals surface area contributed by atoms with Gasteiger partial charge in [-0.3, -0.25) is 0 Å². The molecule has 0 aromatic heterocycles. The molecule has 0 bridgehead atoms. The van der Waals surface area contributed by atoms with Gasteiger partial charge in [0.15, 0.2) is 0 Å². The van der Waals surface area contributed by atoms with E-state index in [-0.39, 0.29) is 12.1 Å². The largest absolute Gasteiger partial charge is 0.488 e. The summed E-state index contributed by atoms with van der Waals surface area (Å²) in [4.78, 5) is 4.98. The Labute approximate surface area is 84.0 Å². The molecule has 76 valence electrons. The van der Waals surface area contributed by atoms with Crippen molar-refractivity contribution in [2.75, 3.05) is 7.11 Å². The van der Waals surface area contributed by atoms with Gasteiger partial charge in [-0.25, -0.2) is 0 Å². The van der Waals surface area contributed by atoms with Crippen molar-refractivity contribution in [3.8, 4) is 5.75 Å². The van der Waals surface area contributed by atoms with Crippen LogP contribution in [0.1, 0.15) is 24.9 Å². The Morgan fingerprint density at radius 2 is 2.21 bits per heavy atom. The molecule has 0 spiro atoms. The van der Waals surface area contributed by atoms with Crippen molar-refractivity contribution in [2.45, 2.75) is 25.5 Å². The second kappa shape index (κ2) is 3.98. The van der Waals surface area contributed by atoms with Crippen LogP contribution in [-0.4, -0.2) is 13.2 Å². The topological polar surface area (TPSA) is 30.5 Å². The third-order valence-corrected chi connectivity index (χ3v) is 2.55. The zero-order chi connectivity index (χ0) is 9.97. The summed E-state index contributed by atoms with van der Waals surface area (Å²) in [6.07, 6.45) is 1.14. The van der Waals surface area contributed by atoms with Gasteiger partial charge in [-0.15, -0.1) is 0 Å². The predicted octanol–water partition coefficient (Wildman–Crippen LogP) is 2.05. The maximum atomic E-state index is 5.78. The van der Waals surface area contributed by atoms with E-state index in [0.717, 1.165) is 12.2 Å². The van der Waals surface area contributed by atoms with Gasteiger partial charge in [0.25, 0.3) is 0 Å². The van der Waals surface area contributed by atoms with Gasteiger partial charge in [0.05, 0.1) is 13.2 Å². The van der Waals surface area contributed by atoms with Crippen LogP contribution in [0.3, 0.4) is 0 Å². The first-order valence-electron chi connectivity index (χ1n) is 4.91. The molecule has 1 heterocycles. The minimum atomic E-state index is 0.154. The molecule has 0 radical (unpaired) electrons. The molecule has 2 rings (SSSR count). The zero-order valence-corrected chi connectivity index (χ0v) is 8.49. The summed E-state index contributed by atoms with van der Waals surface area (Å²) in [7, 11) is 1.63. The zero-order valence-electron chi connectivity index (χ0n) is 8.49. The van der Waals surface area contributed by atoms with Crippen molar-refractivity contribution in [1.29, 1.82) is 0 Å². The molecule has 1 N–H and O–H groups in total. The molecule has 14 heavy (non-hydrogen) atoms. The van der Waals surface area contributed by atoms with Gasteiger partial charge in [-0.2, -0.15) is 5.48 Å². The Morgan fingerprint density at radius 3 is 2.93 bits per heavy atom. The first kappa shape index (κ1) is 9.49. The highest BCUT2D eigenvalue weighted by Crippen LogP contribution is 2.37. The maximum absolute atomic E-state index is 5.78. The van der Waals surface area contributed by atoms with Crippen molar-refractivity contribution < 1.29 is 9.57 Å². The Morgan fingerprint density at radius 1 is 1.43 bits per heavy atom. The SMILES string of the molecule is CCC1Oc2ccccc2C1NOC. The molecule has 0 saturated carbocycles. The third-order valence-electron chi connectivity index (χ3n) is 2.55. The lowest BCUT2D eigenvalue weighted by molar-refractivity contribution is 0.0283. The summed E-state index contributed by atoms with van der Waals surface area (Å²) in [5.41, 5.74) is 4.16. The normalized spacial score (nSPS) is 24.4. The van der Waals surface area contributed by atoms with Gasteiger partial charge in [0, 0.05) is 5.56 Å². The Hall–Kier alpha value is -1.06. The summed E-state index contributed by atoms with van der Waals surface area (Å²) in [6.45, 7) is 2.11. The molecule has 2 atom stereocenters. The number of rotatable bonds is 3. The number of fused-ring (bicyclic) bond motifs is 1. The van der Waals surface area contributed by atoms with Gasteiger partial charge in [0.2, 0.25) is 0 Å². The average molecular weight is 193 g/mol. The van der Waals surface area contributed by atoms with Crippen LogP contribution in [0.25, 0.3) is 0 Å². The Balaban J connectivity index is 2.27. The van der Waals surface area contributed by atoms with Crippen LogP contribution in [-0.2, 0) is 4.84 Å². The number of ether oxygens (including phenoxy) is 1. The second-order valence-electron chi connectivity index (χ2n) is 3.40. The smallest absolute Gasteiger partial charge is 0.124 e. The van der Waals surface area contributed by atoms with E-state index in [9.17, 15) is 0 Å². The summed E-state index contributed by atoms with van der Waals surface area (Å²) < 4.78 is 5.78. The molecule has 2 unspecified atom stereocenters. The Bertz CT molecular complexity index is 314. The standard InChI is InChI=1S/C11H15NO2/c1-3-9-11(12-13-2)8-6-4-5-7-10(8)14-9/h4-7,9,11-12H,3H2,1-2H3. The summed E-state index contributed by atoms with van der Waals surface area (Å²) in [5, 5.41) is 0. The number of hydrogen-bond acceptors (Lipinski definition) is 3. The van der Waals surface area contributed by atoms with Crippen LogP contribution >= 0.6 is 0 Å². The van der Waals surface area contributed by atoms with Crippen molar-refractivity contribution in [2.24, 2.45) is 0 Å². The summed E-state index contributed by atoms with van der Waals surface area (Å²) >= 11 is 0. The number of nitrogens with one attached hydrogen (secondary N) is 1. The summed E-state index contributed by atoms with van der Waals surface area (Å²) in [5.74, 6) is 0.967. The molecule has 1 aromatic rings. The monoisotopic (exact) mass is 193 g/mol. The lowest BCUT2D eigenvalue weighted by Gasteiger charge is -2.17. The highest BCUT2D eigenvalue weighted by atomic mass is 16.6. The van der Waals surface area contributed by atoms with E-state index < -0.39 is 0 Å². The van der Waals surface area contributed by atoms with E-state index in [1.165, 1.54) is 5.56 Å². The molecule has 1 aromatic carbocycles. The fourth-order valence-electron chi connectivity index (χ4n) is 1.86. The van der Waals surface area contributed by atoms with Crippen molar-refractivity contribution in [1.82, 2.24) is 5.48 Å². The first-order valence-corrected chi connectivity index (χ1v) is 4.91. The van der Waals surface area contributed by atoms with Crippen LogP contribution in [0.2, 0.25) is 0 Å². The van der Waals surface area contributed by atoms with Crippen LogP contribution < -0.4 is 10.2 Å². The average Bonchev–Trinajstić information content (AvgIpc) is 2.58. The molecule has 0 saturated heterocycles. The van der Waals surface area contributed by atoms with Gasteiger partial charge in [0.1, 0.15) is 11.9 Å². The van der Waals surface area contributed by atoms with Crippen molar-refractivity contribution in [3.63, 3.8) is 0 Å². The van der Waals surface area contributed by atoms with Gasteiger partial charge >= 0.3 is 0 Å². The third kappa shape index (κ3) is 1.49. The van der Waals surface area contributed by atoms with E-state index in [0.29, 0.717) is 0 Å². The van der Waals surface area contributed by atoms with Gasteiger partial charge in [-0.1, -0.05) is 25.1 Å². The number of benzene rings is 1. The Kier molecular flexibility index (Phi) is 2.70.